The average molecular weight is 359 g/mol. The lowest BCUT2D eigenvalue weighted by molar-refractivity contribution is 0.0736. The van der Waals surface area contributed by atoms with Crippen LogP contribution in [-0.4, -0.2) is 33.6 Å². The van der Waals surface area contributed by atoms with Crippen molar-refractivity contribution in [3.8, 4) is 0 Å². The summed E-state index contributed by atoms with van der Waals surface area (Å²) in [7, 11) is 0. The van der Waals surface area contributed by atoms with Crippen molar-refractivity contribution in [3.63, 3.8) is 0 Å². The molecule has 1 saturated heterocycles. The Morgan fingerprint density at radius 3 is 2.71 bits per heavy atom. The molecule has 0 N–H and O–H groups in total. The number of hydrogen-bond acceptors (Lipinski definition) is 1. The molecule has 0 aromatic heterocycles. The highest BCUT2D eigenvalue weighted by Gasteiger charge is 2.37. The third-order valence-corrected chi connectivity index (χ3v) is 6.31. The van der Waals surface area contributed by atoms with Gasteiger partial charge in [0.15, 0.2) is 0 Å². The van der Waals surface area contributed by atoms with Gasteiger partial charge in [-0.1, -0.05) is 50.1 Å². The minimum absolute atomic E-state index is 0.183. The molecule has 90 valence electrons. The normalized spacial score (nSPS) is 32.0. The van der Waals surface area contributed by atoms with Gasteiger partial charge in [-0.3, -0.25) is 4.79 Å². The van der Waals surface area contributed by atoms with Crippen molar-refractivity contribution in [1.29, 1.82) is 0 Å². The van der Waals surface area contributed by atoms with E-state index in [1.54, 1.807) is 0 Å². The lowest BCUT2D eigenvalue weighted by atomic mass is 9.87. The number of alkyl halides is 2. The molecule has 2 nitrogen and oxygen atoms in total. The second kappa shape index (κ2) is 4.39. The molecular weight excluding hydrogens is 346 g/mol. The van der Waals surface area contributed by atoms with Gasteiger partial charge in [0.05, 0.1) is 0 Å². The molecule has 0 saturated carbocycles. The fraction of sp³-hybridized carbons (Fsp3) is 0.462. The first-order chi connectivity index (χ1) is 8.16. The quantitative estimate of drug-likeness (QED) is 0.652. The van der Waals surface area contributed by atoms with Crippen molar-refractivity contribution < 1.29 is 4.79 Å². The summed E-state index contributed by atoms with van der Waals surface area (Å²) in [6.45, 7) is 1.65. The number of benzene rings is 1. The van der Waals surface area contributed by atoms with E-state index in [2.05, 4.69) is 37.9 Å². The van der Waals surface area contributed by atoms with Gasteiger partial charge in [0.2, 0.25) is 0 Å². The first kappa shape index (κ1) is 11.7. The van der Waals surface area contributed by atoms with Gasteiger partial charge < -0.3 is 4.90 Å². The second-order valence-corrected chi connectivity index (χ2v) is 7.11. The second-order valence-electron chi connectivity index (χ2n) is 4.76. The number of amides is 1. The number of hydrogen-bond donors (Lipinski definition) is 0. The van der Waals surface area contributed by atoms with Crippen LogP contribution in [0.25, 0.3) is 0 Å². The average Bonchev–Trinajstić information content (AvgIpc) is 2.46. The molecule has 0 aliphatic carbocycles. The molecule has 1 unspecified atom stereocenters. The van der Waals surface area contributed by atoms with E-state index in [1.807, 2.05) is 23.1 Å². The summed E-state index contributed by atoms with van der Waals surface area (Å²) in [4.78, 5) is 15.1. The van der Waals surface area contributed by atoms with Crippen molar-refractivity contribution in [1.82, 2.24) is 4.90 Å². The number of carbonyl (C=O) groups is 1. The number of fused-ring (bicyclic) bond motifs is 4. The van der Waals surface area contributed by atoms with Crippen LogP contribution in [0.3, 0.4) is 0 Å². The van der Waals surface area contributed by atoms with E-state index >= 15 is 0 Å². The molecule has 17 heavy (non-hydrogen) atoms. The Hall–Kier alpha value is -0.350. The molecule has 1 fully saturated rings. The van der Waals surface area contributed by atoms with Gasteiger partial charge in [-0.2, -0.15) is 0 Å². The smallest absolute Gasteiger partial charge is 0.254 e. The molecule has 4 heteroatoms. The molecule has 1 aromatic carbocycles. The largest absolute Gasteiger partial charge is 0.337 e. The van der Waals surface area contributed by atoms with Crippen molar-refractivity contribution >= 4 is 37.8 Å². The lowest BCUT2D eigenvalue weighted by Crippen LogP contribution is -2.40. The van der Waals surface area contributed by atoms with Gasteiger partial charge in [0, 0.05) is 34.2 Å². The fourth-order valence-corrected chi connectivity index (χ4v) is 3.95. The Labute approximate surface area is 118 Å². The van der Waals surface area contributed by atoms with Crippen LogP contribution in [0.15, 0.2) is 24.3 Å². The first-order valence-corrected chi connectivity index (χ1v) is 7.66. The molecule has 1 amide bonds. The summed E-state index contributed by atoms with van der Waals surface area (Å²) >= 11 is 7.40. The Balaban J connectivity index is 2.07. The van der Waals surface area contributed by atoms with Crippen molar-refractivity contribution in [3.05, 3.63) is 35.4 Å². The summed E-state index contributed by atoms with van der Waals surface area (Å²) in [5, 5.41) is 0. The molecule has 0 spiro atoms. The molecule has 3 atom stereocenters. The van der Waals surface area contributed by atoms with Gasteiger partial charge >= 0.3 is 0 Å². The van der Waals surface area contributed by atoms with E-state index in [0.29, 0.717) is 15.6 Å². The fourth-order valence-electron chi connectivity index (χ4n) is 2.77. The van der Waals surface area contributed by atoms with Crippen molar-refractivity contribution in [2.75, 3.05) is 13.1 Å². The van der Waals surface area contributed by atoms with Crippen LogP contribution < -0.4 is 0 Å². The molecule has 2 heterocycles. The summed E-state index contributed by atoms with van der Waals surface area (Å²) in [5.74, 6) is 0.652. The lowest BCUT2D eigenvalue weighted by Gasteiger charge is -2.32. The zero-order chi connectivity index (χ0) is 12.0. The maximum absolute atomic E-state index is 12.3. The minimum Gasteiger partial charge on any atom is -0.337 e. The molecule has 1 aromatic rings. The SMILES string of the molecule is O=C1c2ccccc2C2C[C@@H](Br)[C@@H](Br)CN1C2. The van der Waals surface area contributed by atoms with Crippen LogP contribution in [0, 0.1) is 0 Å². The van der Waals surface area contributed by atoms with Crippen LogP contribution in [0.4, 0.5) is 0 Å². The highest BCUT2D eigenvalue weighted by molar-refractivity contribution is 9.12. The van der Waals surface area contributed by atoms with E-state index < -0.39 is 0 Å². The summed E-state index contributed by atoms with van der Waals surface area (Å²) < 4.78 is 0. The van der Waals surface area contributed by atoms with Crippen LogP contribution >= 0.6 is 31.9 Å². The molecule has 0 radical (unpaired) electrons. The predicted octanol–water partition coefficient (Wildman–Crippen LogP) is 3.16. The highest BCUT2D eigenvalue weighted by atomic mass is 79.9. The minimum atomic E-state index is 0.183. The molecule has 3 rings (SSSR count). The van der Waals surface area contributed by atoms with Gasteiger partial charge in [-0.25, -0.2) is 0 Å². The summed E-state index contributed by atoms with van der Waals surface area (Å²) in [6, 6.07) is 8.03. The maximum Gasteiger partial charge on any atom is 0.254 e. The predicted molar refractivity (Wildman–Crippen MR) is 75.1 cm³/mol. The standard InChI is InChI=1S/C13H13Br2NO/c14-11-5-8-6-16(7-12(11)15)13(17)10-4-2-1-3-9(8)10/h1-4,8,11-12H,5-7H2/t8?,11-,12+/m1/s1. The van der Waals surface area contributed by atoms with Gasteiger partial charge in [0.1, 0.15) is 0 Å². The summed E-state index contributed by atoms with van der Waals surface area (Å²) in [5.41, 5.74) is 2.12. The topological polar surface area (TPSA) is 20.3 Å². The zero-order valence-electron chi connectivity index (χ0n) is 9.27. The van der Waals surface area contributed by atoms with Gasteiger partial charge in [-0.15, -0.1) is 0 Å². The van der Waals surface area contributed by atoms with E-state index in [4.69, 9.17) is 0 Å². The highest BCUT2D eigenvalue weighted by Crippen LogP contribution is 2.38. The maximum atomic E-state index is 12.3. The van der Waals surface area contributed by atoms with Crippen LogP contribution in [-0.2, 0) is 0 Å². The Morgan fingerprint density at radius 1 is 1.12 bits per heavy atom. The van der Waals surface area contributed by atoms with E-state index in [1.165, 1.54) is 5.56 Å². The Kier molecular flexibility index (Phi) is 3.03. The zero-order valence-corrected chi connectivity index (χ0v) is 12.4. The molecule has 2 aliphatic heterocycles. The molecular formula is C13H13Br2NO. The van der Waals surface area contributed by atoms with E-state index in [-0.39, 0.29) is 5.91 Å². The van der Waals surface area contributed by atoms with E-state index in [0.717, 1.165) is 25.1 Å². The third kappa shape index (κ3) is 1.95. The van der Waals surface area contributed by atoms with Crippen molar-refractivity contribution in [2.45, 2.75) is 22.0 Å². The third-order valence-electron chi connectivity index (χ3n) is 3.66. The summed E-state index contributed by atoms with van der Waals surface area (Å²) in [6.07, 6.45) is 1.08. The van der Waals surface area contributed by atoms with Crippen LogP contribution in [0.2, 0.25) is 0 Å². The van der Waals surface area contributed by atoms with E-state index in [9.17, 15) is 4.79 Å². The van der Waals surface area contributed by atoms with Gasteiger partial charge in [-0.05, 0) is 18.1 Å². The van der Waals surface area contributed by atoms with Crippen LogP contribution in [0.5, 0.6) is 0 Å². The Bertz CT molecular complexity index is 462. The Morgan fingerprint density at radius 2 is 1.88 bits per heavy atom. The first-order valence-electron chi connectivity index (χ1n) is 5.83. The number of rotatable bonds is 0. The van der Waals surface area contributed by atoms with Crippen LogP contribution in [0.1, 0.15) is 28.3 Å². The number of halogens is 2. The molecule has 2 aliphatic rings. The van der Waals surface area contributed by atoms with Crippen molar-refractivity contribution in [2.24, 2.45) is 0 Å². The monoisotopic (exact) mass is 357 g/mol. The number of nitrogens with zero attached hydrogens (tertiary/aromatic N) is 1. The molecule has 2 bridgehead atoms. The van der Waals surface area contributed by atoms with Gasteiger partial charge in [0.25, 0.3) is 5.91 Å². The number of carbonyl (C=O) groups excluding carboxylic acids is 1.